The van der Waals surface area contributed by atoms with E-state index in [4.69, 9.17) is 26.2 Å². The van der Waals surface area contributed by atoms with E-state index in [0.29, 0.717) is 0 Å². The van der Waals surface area contributed by atoms with Crippen LogP contribution in [-0.4, -0.2) is 57.7 Å². The van der Waals surface area contributed by atoms with Gasteiger partial charge in [0.2, 0.25) is 0 Å². The number of carbonyl (C=O) groups is 1. The second-order valence-electron chi connectivity index (χ2n) is 2.44. The highest BCUT2D eigenvalue weighted by atomic mass is 16.4. The summed E-state index contributed by atoms with van der Waals surface area (Å²) in [5, 5.41) is 35.2. The van der Waals surface area contributed by atoms with Crippen molar-refractivity contribution in [2.24, 2.45) is 5.73 Å². The molecule has 0 heterocycles. The molecule has 0 aliphatic carbocycles. The molecule has 0 spiro atoms. The molecular weight excluding hydrogens is 168 g/mol. The molecule has 0 rings (SSSR count). The van der Waals surface area contributed by atoms with Crippen LogP contribution in [0.1, 0.15) is 0 Å². The Bertz CT molecular complexity index is 142. The fraction of sp³-hybridized carbons (Fsp3) is 0.833. The molecule has 6 nitrogen and oxygen atoms in total. The van der Waals surface area contributed by atoms with E-state index in [0.717, 1.165) is 0 Å². The Kier molecular flexibility index (Phi) is 4.95. The highest BCUT2D eigenvalue weighted by molar-refractivity contribution is 5.58. The Balaban J connectivity index is 4.07. The lowest BCUT2D eigenvalue weighted by molar-refractivity contribution is -0.118. The molecule has 4 atom stereocenters. The smallest absolute Gasteiger partial charge is 0.139 e. The molecule has 12 heavy (non-hydrogen) atoms. The van der Waals surface area contributed by atoms with Gasteiger partial charge in [-0.25, -0.2) is 0 Å². The molecule has 0 aromatic rings. The molecule has 0 saturated carbocycles. The van der Waals surface area contributed by atoms with Crippen molar-refractivity contribution in [3.63, 3.8) is 0 Å². The van der Waals surface area contributed by atoms with Crippen LogP contribution in [0.4, 0.5) is 0 Å². The number of aliphatic hydroxyl groups is 4. The molecular formula is C6H13NO5. The van der Waals surface area contributed by atoms with Crippen LogP contribution in [0.2, 0.25) is 0 Å². The second-order valence-corrected chi connectivity index (χ2v) is 2.44. The number of carbonyl (C=O) groups excluding carboxylic acids is 1. The van der Waals surface area contributed by atoms with Crippen molar-refractivity contribution in [3.8, 4) is 0 Å². The van der Waals surface area contributed by atoms with Crippen molar-refractivity contribution in [3.05, 3.63) is 0 Å². The molecule has 6 N–H and O–H groups in total. The number of aliphatic hydroxyl groups excluding tert-OH is 4. The van der Waals surface area contributed by atoms with E-state index in [1.165, 1.54) is 0 Å². The number of nitrogens with two attached hydrogens (primary N) is 1. The Morgan fingerprint density at radius 3 is 2.08 bits per heavy atom. The Hall–Kier alpha value is -0.530. The Morgan fingerprint density at radius 1 is 1.25 bits per heavy atom. The summed E-state index contributed by atoms with van der Waals surface area (Å²) in [5.74, 6) is 0. The topological polar surface area (TPSA) is 124 Å². The first kappa shape index (κ1) is 11.5. The molecule has 0 aliphatic heterocycles. The molecule has 0 aromatic carbocycles. The molecule has 0 bridgehead atoms. The maximum absolute atomic E-state index is 10.0. The quantitative estimate of drug-likeness (QED) is 0.281. The van der Waals surface area contributed by atoms with E-state index in [1.54, 1.807) is 0 Å². The third-order valence-electron chi connectivity index (χ3n) is 1.48. The maximum Gasteiger partial charge on any atom is 0.139 e. The van der Waals surface area contributed by atoms with E-state index in [2.05, 4.69) is 0 Å². The van der Waals surface area contributed by atoms with Crippen LogP contribution in [0, 0.1) is 0 Å². The zero-order chi connectivity index (χ0) is 9.72. The average molecular weight is 181 g/mol. The molecule has 0 fully saturated rings. The monoisotopic (exact) mass is 181 g/mol. The SMILES string of the molecule is NC([14CH]=O)[C@@H](O)[C@H](O)[C@H](O)CO. The summed E-state index contributed by atoms with van der Waals surface area (Å²) in [7, 11) is 0. The summed E-state index contributed by atoms with van der Waals surface area (Å²) in [6.45, 7) is -0.705. The third kappa shape index (κ3) is 2.84. The predicted octanol–water partition coefficient (Wildman–Crippen LogP) is -3.41. The van der Waals surface area contributed by atoms with Gasteiger partial charge in [0.1, 0.15) is 24.6 Å². The van der Waals surface area contributed by atoms with Crippen molar-refractivity contribution in [2.75, 3.05) is 6.61 Å². The zero-order valence-corrected chi connectivity index (χ0v) is 6.37. The minimum absolute atomic E-state index is 0.248. The standard InChI is InChI=1S/C6H13NO5/c7-3(1-8)5(11)6(12)4(10)2-9/h1,3-6,9-12H,2,7H2/t3?,4-,5-,6-/m1/s1/i1+2. The van der Waals surface area contributed by atoms with E-state index < -0.39 is 31.0 Å². The summed E-state index contributed by atoms with van der Waals surface area (Å²) in [6.07, 6.45) is -4.43. The highest BCUT2D eigenvalue weighted by Crippen LogP contribution is 2.01. The predicted molar refractivity (Wildman–Crippen MR) is 39.1 cm³/mol. The highest BCUT2D eigenvalue weighted by Gasteiger charge is 2.28. The minimum atomic E-state index is -1.62. The lowest BCUT2D eigenvalue weighted by atomic mass is 10.1. The Morgan fingerprint density at radius 2 is 1.75 bits per heavy atom. The molecule has 0 aromatic heterocycles. The van der Waals surface area contributed by atoms with Crippen molar-refractivity contribution in [1.82, 2.24) is 0 Å². The van der Waals surface area contributed by atoms with E-state index in [1.807, 2.05) is 0 Å². The normalized spacial score (nSPS) is 21.1. The summed E-state index contributed by atoms with van der Waals surface area (Å²) in [4.78, 5) is 10.0. The van der Waals surface area contributed by atoms with Gasteiger partial charge in [-0.2, -0.15) is 0 Å². The molecule has 72 valence electrons. The van der Waals surface area contributed by atoms with Crippen LogP contribution < -0.4 is 5.73 Å². The van der Waals surface area contributed by atoms with Gasteiger partial charge in [0.05, 0.1) is 12.6 Å². The van der Waals surface area contributed by atoms with Crippen LogP contribution >= 0.6 is 0 Å². The first-order chi connectivity index (χ1) is 5.54. The largest absolute Gasteiger partial charge is 0.394 e. The van der Waals surface area contributed by atoms with E-state index in [9.17, 15) is 4.79 Å². The van der Waals surface area contributed by atoms with Crippen LogP contribution in [0.5, 0.6) is 0 Å². The van der Waals surface area contributed by atoms with Crippen molar-refractivity contribution >= 4 is 6.29 Å². The molecule has 0 aliphatic rings. The number of rotatable bonds is 5. The lowest BCUT2D eigenvalue weighted by Gasteiger charge is -2.23. The van der Waals surface area contributed by atoms with Gasteiger partial charge in [-0.3, -0.25) is 0 Å². The maximum atomic E-state index is 10.0. The molecule has 0 radical (unpaired) electrons. The van der Waals surface area contributed by atoms with Crippen molar-refractivity contribution < 1.29 is 25.2 Å². The summed E-state index contributed by atoms with van der Waals surface area (Å²) in [5.41, 5.74) is 5.04. The molecule has 0 amide bonds. The first-order valence-corrected chi connectivity index (χ1v) is 3.40. The van der Waals surface area contributed by atoms with E-state index in [-0.39, 0.29) is 6.29 Å². The van der Waals surface area contributed by atoms with Crippen LogP contribution in [0.25, 0.3) is 0 Å². The van der Waals surface area contributed by atoms with Crippen molar-refractivity contribution in [2.45, 2.75) is 24.4 Å². The van der Waals surface area contributed by atoms with Gasteiger partial charge in [-0.05, 0) is 0 Å². The fourth-order valence-corrected chi connectivity index (χ4v) is 0.644. The van der Waals surface area contributed by atoms with Gasteiger partial charge < -0.3 is 31.0 Å². The third-order valence-corrected chi connectivity index (χ3v) is 1.48. The summed E-state index contributed by atoms with van der Waals surface area (Å²) >= 11 is 0. The van der Waals surface area contributed by atoms with Gasteiger partial charge in [-0.15, -0.1) is 0 Å². The fourth-order valence-electron chi connectivity index (χ4n) is 0.644. The van der Waals surface area contributed by atoms with Crippen LogP contribution in [-0.2, 0) is 4.79 Å². The first-order valence-electron chi connectivity index (χ1n) is 3.40. The van der Waals surface area contributed by atoms with Gasteiger partial charge in [0, 0.05) is 0 Å². The second kappa shape index (κ2) is 5.18. The lowest BCUT2D eigenvalue weighted by Crippen LogP contribution is -2.49. The zero-order valence-electron chi connectivity index (χ0n) is 6.37. The van der Waals surface area contributed by atoms with Crippen LogP contribution in [0.15, 0.2) is 0 Å². The number of hydrogen-bond acceptors (Lipinski definition) is 6. The summed E-state index contributed by atoms with van der Waals surface area (Å²) < 4.78 is 0. The van der Waals surface area contributed by atoms with Gasteiger partial charge in [-0.1, -0.05) is 0 Å². The minimum Gasteiger partial charge on any atom is -0.394 e. The molecule has 0 saturated heterocycles. The molecule has 1 unspecified atom stereocenters. The summed E-state index contributed by atoms with van der Waals surface area (Å²) in [6, 6.07) is -1.26. The number of aldehydes is 1. The van der Waals surface area contributed by atoms with Crippen molar-refractivity contribution in [1.29, 1.82) is 0 Å². The van der Waals surface area contributed by atoms with E-state index >= 15 is 0 Å². The number of hydrogen-bond donors (Lipinski definition) is 5. The molecule has 6 heteroatoms. The van der Waals surface area contributed by atoms with Crippen LogP contribution in [0.3, 0.4) is 0 Å². The van der Waals surface area contributed by atoms with Gasteiger partial charge in [0.25, 0.3) is 0 Å². The van der Waals surface area contributed by atoms with Gasteiger partial charge in [0.15, 0.2) is 0 Å². The Labute approximate surface area is 69.2 Å². The average Bonchev–Trinajstić information content (AvgIpc) is 2.12. The van der Waals surface area contributed by atoms with Gasteiger partial charge >= 0.3 is 0 Å².